The van der Waals surface area contributed by atoms with E-state index in [2.05, 4.69) is 29.8 Å². The van der Waals surface area contributed by atoms with Crippen molar-refractivity contribution in [1.29, 1.82) is 0 Å². The van der Waals surface area contributed by atoms with Crippen molar-refractivity contribution in [3.63, 3.8) is 0 Å². The first-order valence-electron chi connectivity index (χ1n) is 9.81. The summed E-state index contributed by atoms with van der Waals surface area (Å²) in [5.41, 5.74) is 0.598. The van der Waals surface area contributed by atoms with E-state index in [0.717, 1.165) is 30.9 Å². The fraction of sp³-hybridized carbons (Fsp3) is 0.714. The van der Waals surface area contributed by atoms with Gasteiger partial charge in [-0.1, -0.05) is 19.9 Å². The molecule has 5 heteroatoms. The van der Waals surface area contributed by atoms with E-state index < -0.39 is 5.60 Å². The molecule has 0 aromatic carbocycles. The van der Waals surface area contributed by atoms with Crippen molar-refractivity contribution in [3.05, 3.63) is 23.9 Å². The standard InChI is InChI=1S/C21H35N3O2/c1-15(2)14-23-13-9-11-18(23)17-10-8-12-22-19(17)24(16(3)4)20(25)26-21(5,6)7/h8,10,12,15-16,18H,9,11,13-14H2,1-7H3. The SMILES string of the molecule is CC(C)CN1CCCC1c1cccnc1N(C(=O)OC(C)(C)C)C(C)C. The quantitative estimate of drug-likeness (QED) is 0.738. The molecule has 1 aromatic rings. The molecule has 1 aliphatic heterocycles. The molecule has 0 radical (unpaired) electrons. The van der Waals surface area contributed by atoms with Crippen molar-refractivity contribution in [2.24, 2.45) is 5.92 Å². The van der Waals surface area contributed by atoms with Crippen LogP contribution in [-0.2, 0) is 4.74 Å². The van der Waals surface area contributed by atoms with Crippen molar-refractivity contribution in [3.8, 4) is 0 Å². The fourth-order valence-corrected chi connectivity index (χ4v) is 3.59. The van der Waals surface area contributed by atoms with Crippen LogP contribution in [0.25, 0.3) is 0 Å². The smallest absolute Gasteiger partial charge is 0.416 e. The Hall–Kier alpha value is -1.62. The number of carbonyl (C=O) groups excluding carboxylic acids is 1. The van der Waals surface area contributed by atoms with Gasteiger partial charge in [-0.3, -0.25) is 9.80 Å². The zero-order valence-electron chi connectivity index (χ0n) is 17.5. The van der Waals surface area contributed by atoms with E-state index in [0.29, 0.717) is 12.0 Å². The number of anilines is 1. The van der Waals surface area contributed by atoms with Gasteiger partial charge in [-0.05, 0) is 66.0 Å². The molecule has 1 aromatic heterocycles. The van der Waals surface area contributed by atoms with Crippen LogP contribution in [0.3, 0.4) is 0 Å². The number of aromatic nitrogens is 1. The van der Waals surface area contributed by atoms with Crippen LogP contribution < -0.4 is 4.90 Å². The van der Waals surface area contributed by atoms with Crippen LogP contribution in [0.5, 0.6) is 0 Å². The molecule has 1 amide bonds. The van der Waals surface area contributed by atoms with Crippen molar-refractivity contribution in [1.82, 2.24) is 9.88 Å². The topological polar surface area (TPSA) is 45.7 Å². The summed E-state index contributed by atoms with van der Waals surface area (Å²) in [5, 5.41) is 0. The van der Waals surface area contributed by atoms with Gasteiger partial charge in [0.25, 0.3) is 0 Å². The summed E-state index contributed by atoms with van der Waals surface area (Å²) in [6, 6.07) is 4.37. The summed E-state index contributed by atoms with van der Waals surface area (Å²) < 4.78 is 5.66. The average Bonchev–Trinajstić information content (AvgIpc) is 2.92. The van der Waals surface area contributed by atoms with Crippen molar-refractivity contribution in [2.45, 2.75) is 79.0 Å². The third-order valence-electron chi connectivity index (χ3n) is 4.47. The Kier molecular flexibility index (Phi) is 6.67. The summed E-state index contributed by atoms with van der Waals surface area (Å²) in [5.74, 6) is 1.35. The van der Waals surface area contributed by atoms with E-state index in [1.54, 1.807) is 11.1 Å². The first-order chi connectivity index (χ1) is 12.1. The molecule has 0 bridgehead atoms. The van der Waals surface area contributed by atoms with Crippen LogP contribution >= 0.6 is 0 Å². The number of amides is 1. The van der Waals surface area contributed by atoms with E-state index in [1.165, 1.54) is 6.42 Å². The molecule has 5 nitrogen and oxygen atoms in total. The molecule has 0 spiro atoms. The minimum absolute atomic E-state index is 0.0292. The average molecular weight is 362 g/mol. The van der Waals surface area contributed by atoms with E-state index in [1.807, 2.05) is 40.7 Å². The number of carbonyl (C=O) groups is 1. The first kappa shape index (κ1) is 20.7. The molecule has 1 aliphatic rings. The maximum atomic E-state index is 12.9. The van der Waals surface area contributed by atoms with Crippen LogP contribution in [0.2, 0.25) is 0 Å². The number of pyridine rings is 1. The fourth-order valence-electron chi connectivity index (χ4n) is 3.59. The second-order valence-corrected chi connectivity index (χ2v) is 8.91. The Morgan fingerprint density at radius 2 is 2.04 bits per heavy atom. The van der Waals surface area contributed by atoms with Gasteiger partial charge in [0.05, 0.1) is 0 Å². The molecule has 146 valence electrons. The molecular weight excluding hydrogens is 326 g/mol. The summed E-state index contributed by atoms with van der Waals surface area (Å²) >= 11 is 0. The second kappa shape index (κ2) is 8.38. The molecule has 1 unspecified atom stereocenters. The van der Waals surface area contributed by atoms with Gasteiger partial charge in [-0.2, -0.15) is 0 Å². The monoisotopic (exact) mass is 361 g/mol. The van der Waals surface area contributed by atoms with Crippen LogP contribution in [0.1, 0.15) is 72.9 Å². The van der Waals surface area contributed by atoms with Gasteiger partial charge in [-0.15, -0.1) is 0 Å². The lowest BCUT2D eigenvalue weighted by Crippen LogP contribution is -2.42. The number of nitrogens with zero attached hydrogens (tertiary/aromatic N) is 3. The predicted molar refractivity (Wildman–Crippen MR) is 106 cm³/mol. The van der Waals surface area contributed by atoms with Gasteiger partial charge in [0.2, 0.25) is 0 Å². The Labute approximate surface area is 158 Å². The van der Waals surface area contributed by atoms with E-state index in [4.69, 9.17) is 4.74 Å². The van der Waals surface area contributed by atoms with Gasteiger partial charge < -0.3 is 4.74 Å². The highest BCUT2D eigenvalue weighted by atomic mass is 16.6. The lowest BCUT2D eigenvalue weighted by Gasteiger charge is -2.33. The van der Waals surface area contributed by atoms with Gasteiger partial charge in [0, 0.05) is 30.4 Å². The normalized spacial score (nSPS) is 18.6. The van der Waals surface area contributed by atoms with Gasteiger partial charge in [0.1, 0.15) is 11.4 Å². The molecule has 2 rings (SSSR count). The molecular formula is C21H35N3O2. The molecule has 0 saturated carbocycles. The van der Waals surface area contributed by atoms with Crippen LogP contribution in [-0.4, -0.2) is 40.7 Å². The maximum Gasteiger partial charge on any atom is 0.416 e. The number of ether oxygens (including phenoxy) is 1. The second-order valence-electron chi connectivity index (χ2n) is 8.91. The Morgan fingerprint density at radius 3 is 2.62 bits per heavy atom. The molecule has 26 heavy (non-hydrogen) atoms. The minimum atomic E-state index is -0.532. The van der Waals surface area contributed by atoms with E-state index in [9.17, 15) is 4.79 Å². The first-order valence-corrected chi connectivity index (χ1v) is 9.81. The van der Waals surface area contributed by atoms with Gasteiger partial charge in [0.15, 0.2) is 0 Å². The van der Waals surface area contributed by atoms with E-state index in [-0.39, 0.29) is 12.1 Å². The number of hydrogen-bond donors (Lipinski definition) is 0. The molecule has 1 fully saturated rings. The summed E-state index contributed by atoms with van der Waals surface area (Å²) in [6.07, 6.45) is 3.71. The van der Waals surface area contributed by atoms with Crippen molar-refractivity contribution >= 4 is 11.9 Å². The third kappa shape index (κ3) is 5.19. The van der Waals surface area contributed by atoms with Gasteiger partial charge >= 0.3 is 6.09 Å². The lowest BCUT2D eigenvalue weighted by molar-refractivity contribution is 0.0568. The number of hydrogen-bond acceptors (Lipinski definition) is 4. The largest absolute Gasteiger partial charge is 0.443 e. The predicted octanol–water partition coefficient (Wildman–Crippen LogP) is 5.02. The highest BCUT2D eigenvalue weighted by Crippen LogP contribution is 2.37. The number of likely N-dealkylation sites (tertiary alicyclic amines) is 1. The Bertz CT molecular complexity index is 608. The Balaban J connectivity index is 2.38. The maximum absolute atomic E-state index is 12.9. The highest BCUT2D eigenvalue weighted by Gasteiger charge is 2.33. The van der Waals surface area contributed by atoms with Crippen LogP contribution in [0, 0.1) is 5.92 Å². The Morgan fingerprint density at radius 1 is 1.35 bits per heavy atom. The summed E-state index contributed by atoms with van der Waals surface area (Å²) in [4.78, 5) is 21.7. The lowest BCUT2D eigenvalue weighted by atomic mass is 10.0. The molecule has 1 atom stereocenters. The zero-order chi connectivity index (χ0) is 19.5. The molecule has 1 saturated heterocycles. The highest BCUT2D eigenvalue weighted by molar-refractivity contribution is 5.88. The van der Waals surface area contributed by atoms with Gasteiger partial charge in [-0.25, -0.2) is 9.78 Å². The third-order valence-corrected chi connectivity index (χ3v) is 4.47. The molecule has 0 aliphatic carbocycles. The van der Waals surface area contributed by atoms with Crippen LogP contribution in [0.15, 0.2) is 18.3 Å². The van der Waals surface area contributed by atoms with Crippen molar-refractivity contribution < 1.29 is 9.53 Å². The molecule has 0 N–H and O–H groups in total. The number of rotatable bonds is 5. The van der Waals surface area contributed by atoms with E-state index >= 15 is 0 Å². The molecule has 2 heterocycles. The summed E-state index contributed by atoms with van der Waals surface area (Å²) in [7, 11) is 0. The summed E-state index contributed by atoms with van der Waals surface area (Å²) in [6.45, 7) is 16.4. The van der Waals surface area contributed by atoms with Crippen molar-refractivity contribution in [2.75, 3.05) is 18.0 Å². The van der Waals surface area contributed by atoms with Crippen LogP contribution in [0.4, 0.5) is 10.6 Å². The zero-order valence-corrected chi connectivity index (χ0v) is 17.5. The minimum Gasteiger partial charge on any atom is -0.443 e.